The number of aromatic amines is 1. The number of fused-ring (bicyclic) bond motifs is 1. The number of methoxy groups -OCH3 is 1. The van der Waals surface area contributed by atoms with Crippen molar-refractivity contribution in [1.29, 1.82) is 0 Å². The van der Waals surface area contributed by atoms with Gasteiger partial charge in [0.1, 0.15) is 23.4 Å². The molecule has 0 unspecified atom stereocenters. The molecular formula is C17H16N4O4. The Morgan fingerprint density at radius 3 is 2.68 bits per heavy atom. The number of ether oxygens (including phenoxy) is 1. The van der Waals surface area contributed by atoms with Crippen molar-refractivity contribution < 1.29 is 19.4 Å². The summed E-state index contributed by atoms with van der Waals surface area (Å²) in [7, 11) is 1.54. The summed E-state index contributed by atoms with van der Waals surface area (Å²) in [6.07, 6.45) is 2.70. The quantitative estimate of drug-likeness (QED) is 0.631. The van der Waals surface area contributed by atoms with Crippen LogP contribution in [0.15, 0.2) is 42.9 Å². The number of nitrogens with zero attached hydrogens (tertiary/aromatic N) is 2. The topological polar surface area (TPSA) is 117 Å². The first-order chi connectivity index (χ1) is 12.1. The molecule has 0 radical (unpaired) electrons. The van der Waals surface area contributed by atoms with Gasteiger partial charge in [-0.1, -0.05) is 12.1 Å². The van der Waals surface area contributed by atoms with Gasteiger partial charge in [-0.25, -0.2) is 9.97 Å². The van der Waals surface area contributed by atoms with Crippen LogP contribution in [0.4, 0.5) is 0 Å². The van der Waals surface area contributed by atoms with Crippen LogP contribution < -0.4 is 10.1 Å². The lowest BCUT2D eigenvalue weighted by atomic mass is 10.0. The number of rotatable bonds is 6. The fourth-order valence-corrected chi connectivity index (χ4v) is 2.54. The highest BCUT2D eigenvalue weighted by Gasteiger charge is 2.21. The molecule has 3 rings (SSSR count). The molecule has 0 bridgehead atoms. The van der Waals surface area contributed by atoms with Crippen LogP contribution in [-0.4, -0.2) is 39.0 Å². The van der Waals surface area contributed by atoms with E-state index in [1.54, 1.807) is 43.6 Å². The number of hydrogen-bond donors (Lipinski definition) is 3. The maximum atomic E-state index is 12.6. The number of carbonyl (C=O) groups is 2. The molecule has 3 N–H and O–H groups in total. The number of carboxylic acid groups (broad SMARTS) is 1. The smallest absolute Gasteiger partial charge is 0.305 e. The minimum absolute atomic E-state index is 0.190. The van der Waals surface area contributed by atoms with E-state index < -0.39 is 17.9 Å². The van der Waals surface area contributed by atoms with Gasteiger partial charge < -0.3 is 20.1 Å². The number of amides is 1. The van der Waals surface area contributed by atoms with Crippen molar-refractivity contribution in [2.45, 2.75) is 12.5 Å². The zero-order chi connectivity index (χ0) is 17.8. The van der Waals surface area contributed by atoms with E-state index in [1.165, 1.54) is 6.33 Å². The van der Waals surface area contributed by atoms with Crippen molar-refractivity contribution in [2.75, 3.05) is 7.11 Å². The number of nitrogens with one attached hydrogen (secondary N) is 2. The van der Waals surface area contributed by atoms with Crippen LogP contribution in [0.1, 0.15) is 28.5 Å². The first-order valence-corrected chi connectivity index (χ1v) is 7.53. The molecular weight excluding hydrogens is 324 g/mol. The molecule has 2 heterocycles. The molecule has 1 aromatic carbocycles. The molecule has 0 aliphatic carbocycles. The van der Waals surface area contributed by atoms with Gasteiger partial charge in [0.2, 0.25) is 0 Å². The largest absolute Gasteiger partial charge is 0.497 e. The van der Waals surface area contributed by atoms with Gasteiger partial charge in [-0.3, -0.25) is 9.59 Å². The summed E-state index contributed by atoms with van der Waals surface area (Å²) in [4.78, 5) is 34.8. The molecule has 0 saturated carbocycles. The monoisotopic (exact) mass is 340 g/mol. The summed E-state index contributed by atoms with van der Waals surface area (Å²) in [6.45, 7) is 0. The highest BCUT2D eigenvalue weighted by Crippen LogP contribution is 2.22. The summed E-state index contributed by atoms with van der Waals surface area (Å²) in [6, 6.07) is 7.87. The number of carboxylic acids is 1. The number of aliphatic carboxylic acids is 1. The van der Waals surface area contributed by atoms with Crippen molar-refractivity contribution >= 4 is 22.9 Å². The average molecular weight is 340 g/mol. The Morgan fingerprint density at radius 1 is 1.24 bits per heavy atom. The summed E-state index contributed by atoms with van der Waals surface area (Å²) in [5.41, 5.74) is 1.39. The Hall–Kier alpha value is -3.42. The Balaban J connectivity index is 1.87. The molecule has 8 nitrogen and oxygen atoms in total. The van der Waals surface area contributed by atoms with Crippen LogP contribution in [0.5, 0.6) is 5.75 Å². The second-order valence-corrected chi connectivity index (χ2v) is 5.36. The second-order valence-electron chi connectivity index (χ2n) is 5.36. The van der Waals surface area contributed by atoms with E-state index in [1.807, 2.05) is 0 Å². The molecule has 128 valence electrons. The maximum Gasteiger partial charge on any atom is 0.305 e. The standard InChI is InChI=1S/C17H16N4O4/c1-25-11-4-2-10(3-5-11)13(8-14(22)23)21-17(24)15-12-6-7-18-16(12)20-9-19-15/h2-7,9,13H,8H2,1H3,(H,21,24)(H,22,23)(H,18,19,20)/t13-/m1/s1. The van der Waals surface area contributed by atoms with Gasteiger partial charge in [-0.15, -0.1) is 0 Å². The van der Waals surface area contributed by atoms with Gasteiger partial charge in [-0.2, -0.15) is 0 Å². The van der Waals surface area contributed by atoms with E-state index in [-0.39, 0.29) is 12.1 Å². The number of H-pyrrole nitrogens is 1. The molecule has 3 aromatic rings. The number of hydrogen-bond acceptors (Lipinski definition) is 5. The van der Waals surface area contributed by atoms with E-state index >= 15 is 0 Å². The van der Waals surface area contributed by atoms with E-state index in [0.717, 1.165) is 0 Å². The predicted octanol–water partition coefficient (Wildman–Crippen LogP) is 1.91. The molecule has 0 spiro atoms. The normalized spacial score (nSPS) is 11.9. The van der Waals surface area contributed by atoms with Crippen LogP contribution in [0.25, 0.3) is 11.0 Å². The zero-order valence-electron chi connectivity index (χ0n) is 13.4. The van der Waals surface area contributed by atoms with E-state index in [9.17, 15) is 9.59 Å². The highest BCUT2D eigenvalue weighted by molar-refractivity contribution is 6.03. The molecule has 2 aromatic heterocycles. The van der Waals surface area contributed by atoms with Gasteiger partial charge in [0.25, 0.3) is 5.91 Å². The van der Waals surface area contributed by atoms with Gasteiger partial charge >= 0.3 is 5.97 Å². The van der Waals surface area contributed by atoms with Gasteiger partial charge in [0, 0.05) is 6.20 Å². The number of benzene rings is 1. The van der Waals surface area contributed by atoms with E-state index in [2.05, 4.69) is 20.3 Å². The molecule has 0 saturated heterocycles. The van der Waals surface area contributed by atoms with Gasteiger partial charge in [0.05, 0.1) is 25.0 Å². The number of carbonyl (C=O) groups excluding carboxylic acids is 1. The molecule has 0 fully saturated rings. The van der Waals surface area contributed by atoms with Crippen LogP contribution in [0.3, 0.4) is 0 Å². The molecule has 0 aliphatic heterocycles. The lowest BCUT2D eigenvalue weighted by molar-refractivity contribution is -0.137. The molecule has 1 atom stereocenters. The maximum absolute atomic E-state index is 12.6. The Labute approximate surface area is 142 Å². The van der Waals surface area contributed by atoms with E-state index in [0.29, 0.717) is 22.3 Å². The van der Waals surface area contributed by atoms with Crippen LogP contribution in [-0.2, 0) is 4.79 Å². The van der Waals surface area contributed by atoms with Crippen molar-refractivity contribution in [2.24, 2.45) is 0 Å². The van der Waals surface area contributed by atoms with Gasteiger partial charge in [-0.05, 0) is 23.8 Å². The fourth-order valence-electron chi connectivity index (χ4n) is 2.54. The third-order valence-corrected chi connectivity index (χ3v) is 3.77. The van der Waals surface area contributed by atoms with Crippen LogP contribution in [0.2, 0.25) is 0 Å². The zero-order valence-corrected chi connectivity index (χ0v) is 13.4. The van der Waals surface area contributed by atoms with Crippen molar-refractivity contribution in [3.63, 3.8) is 0 Å². The highest BCUT2D eigenvalue weighted by atomic mass is 16.5. The third kappa shape index (κ3) is 3.57. The fraction of sp³-hybridized carbons (Fsp3) is 0.176. The minimum Gasteiger partial charge on any atom is -0.497 e. The van der Waals surface area contributed by atoms with Crippen molar-refractivity contribution in [1.82, 2.24) is 20.3 Å². The Kier molecular flexibility index (Phi) is 4.60. The summed E-state index contributed by atoms with van der Waals surface area (Å²) >= 11 is 0. The first-order valence-electron chi connectivity index (χ1n) is 7.53. The van der Waals surface area contributed by atoms with E-state index in [4.69, 9.17) is 9.84 Å². The Morgan fingerprint density at radius 2 is 2.00 bits per heavy atom. The lowest BCUT2D eigenvalue weighted by Gasteiger charge is -2.17. The summed E-state index contributed by atoms with van der Waals surface area (Å²) in [5.74, 6) is -0.835. The molecule has 0 aliphatic rings. The Bertz CT molecular complexity index is 904. The molecule has 8 heteroatoms. The van der Waals surface area contributed by atoms with Crippen molar-refractivity contribution in [3.8, 4) is 5.75 Å². The van der Waals surface area contributed by atoms with Crippen molar-refractivity contribution in [3.05, 3.63) is 54.1 Å². The predicted molar refractivity (Wildman–Crippen MR) is 89.3 cm³/mol. The third-order valence-electron chi connectivity index (χ3n) is 3.77. The molecule has 1 amide bonds. The summed E-state index contributed by atoms with van der Waals surface area (Å²) < 4.78 is 5.10. The summed E-state index contributed by atoms with van der Waals surface area (Å²) in [5, 5.41) is 12.5. The first kappa shape index (κ1) is 16.4. The van der Waals surface area contributed by atoms with Crippen LogP contribution in [0, 0.1) is 0 Å². The lowest BCUT2D eigenvalue weighted by Crippen LogP contribution is -2.31. The van der Waals surface area contributed by atoms with Gasteiger partial charge in [0.15, 0.2) is 0 Å². The number of aromatic nitrogens is 3. The minimum atomic E-state index is -1.02. The average Bonchev–Trinajstić information content (AvgIpc) is 3.09. The SMILES string of the molecule is COc1ccc([C@@H](CC(=O)O)NC(=O)c2ncnc3[nH]ccc23)cc1. The van der Waals surface area contributed by atoms with Crippen LogP contribution >= 0.6 is 0 Å². The molecule has 25 heavy (non-hydrogen) atoms. The second kappa shape index (κ2) is 7.00.